The van der Waals surface area contributed by atoms with Gasteiger partial charge in [-0.05, 0) is 80.1 Å². The van der Waals surface area contributed by atoms with E-state index in [1.54, 1.807) is 12.4 Å². The molecule has 2 N–H and O–H groups in total. The van der Waals surface area contributed by atoms with Crippen LogP contribution < -0.4 is 20.4 Å². The maximum Gasteiger partial charge on any atom is 0.317 e. The first kappa shape index (κ1) is 44.2. The molecule has 6 aromatic heterocycles. The topological polar surface area (TPSA) is 184 Å². The zero-order valence-electron chi connectivity index (χ0n) is 38.0. The third kappa shape index (κ3) is 8.45. The van der Waals surface area contributed by atoms with E-state index in [1.165, 1.54) is 11.1 Å². The maximum atomic E-state index is 11.9. The van der Waals surface area contributed by atoms with Crippen molar-refractivity contribution in [2.24, 2.45) is 0 Å². The average Bonchev–Trinajstić information content (AvgIpc) is 4.28. The van der Waals surface area contributed by atoms with E-state index in [0.29, 0.717) is 31.6 Å². The number of aryl methyl sites for hydroxylation is 2. The van der Waals surface area contributed by atoms with Gasteiger partial charge in [-0.2, -0.15) is 0 Å². The minimum absolute atomic E-state index is 0.0308. The molecule has 0 spiro atoms. The summed E-state index contributed by atoms with van der Waals surface area (Å²) >= 11 is 6.77. The van der Waals surface area contributed by atoms with Gasteiger partial charge >= 0.3 is 12.1 Å². The van der Waals surface area contributed by atoms with Crippen LogP contribution in [0.5, 0.6) is 0 Å². The van der Waals surface area contributed by atoms with Crippen LogP contribution in [0.4, 0.5) is 21.5 Å². The Morgan fingerprint density at radius 3 is 1.54 bits per heavy atom. The van der Waals surface area contributed by atoms with Gasteiger partial charge in [0.2, 0.25) is 11.9 Å². The first-order valence-electron chi connectivity index (χ1n) is 23.7. The van der Waals surface area contributed by atoms with Crippen LogP contribution in [0.25, 0.3) is 33.6 Å². The molecule has 6 aliphatic rings. The van der Waals surface area contributed by atoms with Crippen molar-refractivity contribution in [3.05, 3.63) is 142 Å². The van der Waals surface area contributed by atoms with Crippen molar-refractivity contribution >= 4 is 78.1 Å². The fraction of sp³-hybridized carbons (Fsp3) is 0.320. The van der Waals surface area contributed by atoms with Crippen molar-refractivity contribution in [2.45, 2.75) is 49.9 Å². The summed E-state index contributed by atoms with van der Waals surface area (Å²) in [6.07, 6.45) is 11.3. The Morgan fingerprint density at radius 2 is 1.01 bits per heavy atom. The molecule has 12 heterocycles. The monoisotopic (exact) mass is 1060 g/mol. The minimum Gasteiger partial charge on any atom is -0.337 e. The van der Waals surface area contributed by atoms with Crippen molar-refractivity contribution < 1.29 is 9.59 Å². The van der Waals surface area contributed by atoms with E-state index in [9.17, 15) is 9.59 Å². The van der Waals surface area contributed by atoms with Gasteiger partial charge in [0, 0.05) is 95.6 Å². The molecule has 0 radical (unpaired) electrons. The lowest BCUT2D eigenvalue weighted by atomic mass is 10.0. The number of hydrogen-bond donors (Lipinski definition) is 2. The van der Waals surface area contributed by atoms with Crippen LogP contribution in [0.2, 0.25) is 0 Å². The fourth-order valence-corrected chi connectivity index (χ4v) is 11.1. The molecule has 4 saturated heterocycles. The van der Waals surface area contributed by atoms with Crippen LogP contribution in [0.15, 0.2) is 119 Å². The molecule has 18 nitrogen and oxygen atoms in total. The van der Waals surface area contributed by atoms with E-state index in [-0.39, 0.29) is 30.2 Å². The summed E-state index contributed by atoms with van der Waals surface area (Å²) < 4.78 is 6.31. The zero-order chi connectivity index (χ0) is 47.3. The van der Waals surface area contributed by atoms with Crippen molar-refractivity contribution in [2.75, 3.05) is 62.2 Å². The molecular formula is C50H48Br2N16O2. The summed E-state index contributed by atoms with van der Waals surface area (Å²) in [4.78, 5) is 68.3. The van der Waals surface area contributed by atoms with Gasteiger partial charge in [0.05, 0.1) is 34.3 Å². The number of aromatic nitrogens is 10. The molecule has 8 aromatic rings. The zero-order valence-corrected chi connectivity index (χ0v) is 41.2. The molecule has 4 amide bonds. The highest BCUT2D eigenvalue weighted by Crippen LogP contribution is 2.37. The Hall–Kier alpha value is -7.06. The Morgan fingerprint density at radius 1 is 0.529 bits per heavy atom. The van der Waals surface area contributed by atoms with Gasteiger partial charge in [0.1, 0.15) is 27.3 Å². The number of piperazine rings is 2. The van der Waals surface area contributed by atoms with Gasteiger partial charge in [-0.3, -0.25) is 0 Å². The van der Waals surface area contributed by atoms with Crippen LogP contribution >= 0.6 is 31.9 Å². The molecule has 0 saturated carbocycles. The third-order valence-corrected chi connectivity index (χ3v) is 14.9. The third-order valence-electron chi connectivity index (χ3n) is 14.0. The van der Waals surface area contributed by atoms with Crippen molar-refractivity contribution in [3.8, 4) is 11.3 Å². The SMILES string of the molecule is Brc1ccc2nc3n(c2n1)[C@@H](c1ccccc1)CC3.O=C1NC[C@@H]2CN(c3ncc(-c4ccc5nc6n(c5n4)[C@@H](c4ccccc4)CC6)cn3)CCN12.O=C1NC[C@@H]2CN(c3ncc(Br)cn3)CCN12. The smallest absolute Gasteiger partial charge is 0.317 e. The number of benzene rings is 2. The van der Waals surface area contributed by atoms with Crippen molar-refractivity contribution in [1.82, 2.24) is 69.4 Å². The van der Waals surface area contributed by atoms with Gasteiger partial charge < -0.3 is 39.4 Å². The van der Waals surface area contributed by atoms with Crippen molar-refractivity contribution in [1.29, 1.82) is 0 Å². The number of urea groups is 2. The molecule has 354 valence electrons. The highest BCUT2D eigenvalue weighted by Gasteiger charge is 2.38. The number of pyridine rings is 2. The van der Waals surface area contributed by atoms with E-state index < -0.39 is 0 Å². The number of imidazole rings is 2. The first-order chi connectivity index (χ1) is 34.3. The van der Waals surface area contributed by atoms with Crippen LogP contribution in [-0.2, 0) is 12.8 Å². The molecule has 0 aliphatic carbocycles. The molecule has 6 aliphatic heterocycles. The normalized spacial score (nSPS) is 21.1. The molecule has 0 bridgehead atoms. The molecule has 4 fully saturated rings. The number of carbonyl (C=O) groups excluding carboxylic acids is 2. The first-order valence-corrected chi connectivity index (χ1v) is 25.3. The van der Waals surface area contributed by atoms with Crippen LogP contribution in [0.3, 0.4) is 0 Å². The fourth-order valence-electron chi connectivity index (χ4n) is 10.6. The van der Waals surface area contributed by atoms with Crippen molar-refractivity contribution in [3.63, 3.8) is 0 Å². The molecule has 20 heteroatoms. The number of anilines is 2. The predicted octanol–water partition coefficient (Wildman–Crippen LogP) is 6.82. The highest BCUT2D eigenvalue weighted by molar-refractivity contribution is 9.10. The number of halogens is 2. The predicted molar refractivity (Wildman–Crippen MR) is 272 cm³/mol. The molecular weight excluding hydrogens is 1020 g/mol. The minimum atomic E-state index is 0.0308. The number of carbonyl (C=O) groups is 2. The van der Waals surface area contributed by atoms with E-state index >= 15 is 0 Å². The lowest BCUT2D eigenvalue weighted by molar-refractivity contribution is 0.196. The standard InChI is InChI=1S/C25H24N8O.C15H12BrN3.C10H12BrN5O/c34-25-28-14-18-15-31(10-11-32(18)25)24-26-12-17(13-27-24)19-6-7-20-23(30-19)33-21(8-9-22(33)29-20)16-4-2-1-3-5-16;16-13-8-6-11-15(18-13)19-12(7-9-14(19)17-11)10-4-2-1-3-5-10;11-7-3-12-9(13-4-7)15-1-2-16-8(6-15)5-14-10(16)17/h1-7,12-13,18,21H,8-11,14-15H2,(H,28,34);1-6,8,12H,7,9H2;3-4,8H,1-2,5-6H2,(H,14,17)/t18-,21-;12-;8-/m111/s1. The second-order valence-electron chi connectivity index (χ2n) is 18.2. The van der Waals surface area contributed by atoms with Gasteiger partial charge in [0.15, 0.2) is 11.3 Å². The maximum absolute atomic E-state index is 11.9. The summed E-state index contributed by atoms with van der Waals surface area (Å²) in [7, 11) is 0. The van der Waals surface area contributed by atoms with E-state index in [1.807, 2.05) is 46.5 Å². The van der Waals surface area contributed by atoms with Gasteiger partial charge in [-0.1, -0.05) is 60.7 Å². The number of nitrogens with zero attached hydrogens (tertiary/aromatic N) is 14. The van der Waals surface area contributed by atoms with Crippen LogP contribution in [-0.4, -0.2) is 135 Å². The van der Waals surface area contributed by atoms with Gasteiger partial charge in [-0.15, -0.1) is 0 Å². The number of amides is 4. The summed E-state index contributed by atoms with van der Waals surface area (Å²) in [6.45, 7) is 5.86. The van der Waals surface area contributed by atoms with Gasteiger partial charge in [-0.25, -0.2) is 49.5 Å². The summed E-state index contributed by atoms with van der Waals surface area (Å²) in [5, 5.41) is 5.77. The Labute approximate surface area is 419 Å². The molecule has 0 unspecified atom stereocenters. The number of fused-ring (bicyclic) bond motifs is 8. The summed E-state index contributed by atoms with van der Waals surface area (Å²) in [5.41, 5.74) is 8.16. The molecule has 70 heavy (non-hydrogen) atoms. The average molecular weight is 1060 g/mol. The van der Waals surface area contributed by atoms with E-state index in [4.69, 9.17) is 9.97 Å². The number of hydrogen-bond acceptors (Lipinski definition) is 12. The second kappa shape index (κ2) is 18.7. The summed E-state index contributed by atoms with van der Waals surface area (Å²) in [6, 6.07) is 30.3. The van der Waals surface area contributed by atoms with Crippen LogP contribution in [0.1, 0.15) is 47.7 Å². The molecule has 4 atom stereocenters. The van der Waals surface area contributed by atoms with E-state index in [2.05, 4.69) is 152 Å². The number of nitrogens with one attached hydrogen (secondary N) is 2. The highest BCUT2D eigenvalue weighted by atomic mass is 79.9. The van der Waals surface area contributed by atoms with Gasteiger partial charge in [0.25, 0.3) is 0 Å². The Kier molecular flexibility index (Phi) is 11.8. The van der Waals surface area contributed by atoms with E-state index in [0.717, 1.165) is 119 Å². The molecule has 2 aromatic carbocycles. The summed E-state index contributed by atoms with van der Waals surface area (Å²) in [5.74, 6) is 3.67. The lowest BCUT2D eigenvalue weighted by Crippen LogP contribution is -2.52. The Bertz CT molecular complexity index is 3210. The second-order valence-corrected chi connectivity index (χ2v) is 19.9. The largest absolute Gasteiger partial charge is 0.337 e. The van der Waals surface area contributed by atoms with Crippen LogP contribution in [0, 0.1) is 0 Å². The quantitative estimate of drug-likeness (QED) is 0.172. The number of rotatable bonds is 5. The lowest BCUT2D eigenvalue weighted by Gasteiger charge is -2.36. The Balaban J connectivity index is 0.000000118. The molecule has 14 rings (SSSR count).